The van der Waals surface area contributed by atoms with E-state index in [2.05, 4.69) is 60.7 Å². The molecule has 0 fully saturated rings. The van der Waals surface area contributed by atoms with Gasteiger partial charge in [0.05, 0.1) is 0 Å². The lowest BCUT2D eigenvalue weighted by Crippen LogP contribution is -1.89. The molecule has 0 heteroatoms. The van der Waals surface area contributed by atoms with Gasteiger partial charge in [0.15, 0.2) is 0 Å². The van der Waals surface area contributed by atoms with Crippen LogP contribution in [0.25, 0.3) is 21.5 Å². The number of rotatable bonds is 0. The quantitative estimate of drug-likeness (QED) is 0.419. The molecule has 0 nitrogen and oxygen atoms in total. The highest BCUT2D eigenvalue weighted by molar-refractivity contribution is 5.74. The Bertz CT molecular complexity index is 742. The first kappa shape index (κ1) is 15.4. The van der Waals surface area contributed by atoms with E-state index in [-0.39, 0.29) is 0 Å². The average Bonchev–Trinajstić information content (AvgIpc) is 2.59. The second kappa shape index (κ2) is 7.21. The third-order valence-electron chi connectivity index (χ3n) is 5.19. The Hall–Kier alpha value is -2.08. The van der Waals surface area contributed by atoms with Gasteiger partial charge in [-0.25, -0.2) is 0 Å². The Labute approximate surface area is 145 Å². The molecule has 2 aliphatic rings. The molecule has 0 spiro atoms. The molecule has 5 rings (SSSR count). The zero-order chi connectivity index (χ0) is 16.2. The van der Waals surface area contributed by atoms with Gasteiger partial charge in [-0.3, -0.25) is 0 Å². The van der Waals surface area contributed by atoms with Gasteiger partial charge < -0.3 is 0 Å². The SMILES string of the molecule is c1cc2cc3cc(ccc4cc(cc1c4)CCCCCCCC3)c2. The van der Waals surface area contributed by atoms with Crippen LogP contribution < -0.4 is 0 Å². The van der Waals surface area contributed by atoms with E-state index in [1.54, 1.807) is 0 Å². The van der Waals surface area contributed by atoms with E-state index in [9.17, 15) is 0 Å². The molecule has 0 aromatic heterocycles. The van der Waals surface area contributed by atoms with Crippen LogP contribution >= 0.6 is 0 Å². The minimum Gasteiger partial charge on any atom is -0.0544 e. The van der Waals surface area contributed by atoms with Crippen LogP contribution in [0.5, 0.6) is 0 Å². The van der Waals surface area contributed by atoms with E-state index < -0.39 is 0 Å². The molecule has 24 heavy (non-hydrogen) atoms. The summed E-state index contributed by atoms with van der Waals surface area (Å²) in [5, 5.41) is 5.31. The van der Waals surface area contributed by atoms with Crippen LogP contribution in [0.4, 0.5) is 0 Å². The third kappa shape index (κ3) is 3.87. The molecule has 2 aliphatic carbocycles. The molecule has 0 saturated carbocycles. The Morgan fingerprint density at radius 2 is 0.708 bits per heavy atom. The van der Waals surface area contributed by atoms with E-state index in [0.29, 0.717) is 0 Å². The lowest BCUT2D eigenvalue weighted by molar-refractivity contribution is 0.594. The topological polar surface area (TPSA) is 0 Å². The fourth-order valence-corrected chi connectivity index (χ4v) is 3.92. The number of hydrogen-bond acceptors (Lipinski definition) is 0. The van der Waals surface area contributed by atoms with Gasteiger partial charge in [0.2, 0.25) is 0 Å². The Kier molecular flexibility index (Phi) is 4.64. The fourth-order valence-electron chi connectivity index (χ4n) is 3.92. The van der Waals surface area contributed by atoms with Crippen molar-refractivity contribution in [1.82, 2.24) is 0 Å². The number of benzene rings is 2. The summed E-state index contributed by atoms with van der Waals surface area (Å²) in [6.45, 7) is 0. The van der Waals surface area contributed by atoms with Crippen LogP contribution in [0, 0.1) is 0 Å². The van der Waals surface area contributed by atoms with Crippen LogP contribution in [0.3, 0.4) is 0 Å². The lowest BCUT2D eigenvalue weighted by Gasteiger charge is -2.07. The maximum absolute atomic E-state index is 2.37. The van der Waals surface area contributed by atoms with E-state index >= 15 is 0 Å². The van der Waals surface area contributed by atoms with Gasteiger partial charge in [-0.2, -0.15) is 0 Å². The monoisotopic (exact) mass is 314 g/mol. The molecule has 0 amide bonds. The summed E-state index contributed by atoms with van der Waals surface area (Å²) in [4.78, 5) is 0. The summed E-state index contributed by atoms with van der Waals surface area (Å²) in [5.41, 5.74) is 2.96. The molecule has 0 heterocycles. The van der Waals surface area contributed by atoms with Crippen LogP contribution in [0.2, 0.25) is 0 Å². The van der Waals surface area contributed by atoms with Gasteiger partial charge in [0, 0.05) is 0 Å². The van der Waals surface area contributed by atoms with Crippen molar-refractivity contribution in [2.75, 3.05) is 0 Å². The van der Waals surface area contributed by atoms with Gasteiger partial charge in [-0.05, 0) is 70.5 Å². The van der Waals surface area contributed by atoms with E-state index in [1.165, 1.54) is 84.0 Å². The predicted molar refractivity (Wildman–Crippen MR) is 105 cm³/mol. The molecule has 3 aromatic rings. The lowest BCUT2D eigenvalue weighted by atomic mass is 9.99. The molecular formula is C24H26. The highest BCUT2D eigenvalue weighted by atomic mass is 14.1. The van der Waals surface area contributed by atoms with Gasteiger partial charge in [-0.1, -0.05) is 74.2 Å². The first-order valence-corrected chi connectivity index (χ1v) is 9.49. The number of aryl methyl sites for hydroxylation is 2. The Morgan fingerprint density at radius 3 is 1.08 bits per heavy atom. The smallest absolute Gasteiger partial charge is 0.0248 e. The van der Waals surface area contributed by atoms with E-state index in [1.807, 2.05) is 0 Å². The van der Waals surface area contributed by atoms with Crippen LogP contribution in [-0.2, 0) is 12.8 Å². The molecule has 0 aliphatic heterocycles. The summed E-state index contributed by atoms with van der Waals surface area (Å²) < 4.78 is 0. The average molecular weight is 314 g/mol. The van der Waals surface area contributed by atoms with Gasteiger partial charge in [0.1, 0.15) is 0 Å². The molecule has 0 unspecified atom stereocenters. The maximum atomic E-state index is 2.37. The van der Waals surface area contributed by atoms with E-state index in [0.717, 1.165) is 0 Å². The highest BCUT2D eigenvalue weighted by Crippen LogP contribution is 2.20. The van der Waals surface area contributed by atoms with Crippen molar-refractivity contribution in [1.29, 1.82) is 0 Å². The predicted octanol–water partition coefficient (Wildman–Crippen LogP) is 6.99. The Balaban J connectivity index is 1.90. The normalized spacial score (nSPS) is 15.8. The second-order valence-corrected chi connectivity index (χ2v) is 7.30. The summed E-state index contributed by atoms with van der Waals surface area (Å²) in [6.07, 6.45) is 10.6. The van der Waals surface area contributed by atoms with Crippen LogP contribution in [0.1, 0.15) is 49.7 Å². The molecule has 3 aromatic carbocycles. The highest BCUT2D eigenvalue weighted by Gasteiger charge is 2.00. The van der Waals surface area contributed by atoms with Crippen molar-refractivity contribution in [3.8, 4) is 0 Å². The van der Waals surface area contributed by atoms with Crippen LogP contribution in [0.15, 0.2) is 60.7 Å². The number of fused-ring (bicyclic) bond motifs is 9. The van der Waals surface area contributed by atoms with Crippen molar-refractivity contribution in [3.63, 3.8) is 0 Å². The zero-order valence-corrected chi connectivity index (χ0v) is 14.4. The van der Waals surface area contributed by atoms with Crippen molar-refractivity contribution in [3.05, 3.63) is 71.8 Å². The van der Waals surface area contributed by atoms with Crippen molar-refractivity contribution < 1.29 is 0 Å². The molecule has 6 bridgehead atoms. The van der Waals surface area contributed by atoms with Gasteiger partial charge >= 0.3 is 0 Å². The standard InChI is InChI=1S/C24H26/c1-2-4-6-8-20-15-23-11-9-21-13-19(7-5-3-1)14-22(17-21)10-12-24(16-20)18-23/h9-18H,1-8H2. The van der Waals surface area contributed by atoms with Crippen molar-refractivity contribution in [2.45, 2.75) is 51.4 Å². The summed E-state index contributed by atoms with van der Waals surface area (Å²) in [6, 6.07) is 23.2. The third-order valence-corrected chi connectivity index (χ3v) is 5.19. The summed E-state index contributed by atoms with van der Waals surface area (Å²) in [7, 11) is 0. The molecule has 0 N–H and O–H groups in total. The molecule has 0 saturated heterocycles. The summed E-state index contributed by atoms with van der Waals surface area (Å²) in [5.74, 6) is 0. The molecule has 0 radical (unpaired) electrons. The van der Waals surface area contributed by atoms with Gasteiger partial charge in [0.25, 0.3) is 0 Å². The van der Waals surface area contributed by atoms with E-state index in [4.69, 9.17) is 0 Å². The second-order valence-electron chi connectivity index (χ2n) is 7.30. The first-order valence-electron chi connectivity index (χ1n) is 9.49. The Morgan fingerprint density at radius 1 is 0.375 bits per heavy atom. The zero-order valence-electron chi connectivity index (χ0n) is 14.4. The van der Waals surface area contributed by atoms with Crippen LogP contribution in [-0.4, -0.2) is 0 Å². The minimum atomic E-state index is 1.21. The first-order chi connectivity index (χ1) is 11.8. The number of hydrogen-bond donors (Lipinski definition) is 0. The fraction of sp³-hybridized carbons (Fsp3) is 0.333. The van der Waals surface area contributed by atoms with Crippen molar-refractivity contribution >= 4 is 21.5 Å². The van der Waals surface area contributed by atoms with Gasteiger partial charge in [-0.15, -0.1) is 0 Å². The largest absolute Gasteiger partial charge is 0.0544 e. The summed E-state index contributed by atoms with van der Waals surface area (Å²) >= 11 is 0. The minimum absolute atomic E-state index is 1.21. The van der Waals surface area contributed by atoms with Crippen molar-refractivity contribution in [2.24, 2.45) is 0 Å². The maximum Gasteiger partial charge on any atom is -0.0248 e. The molecular weight excluding hydrogens is 288 g/mol. The molecule has 122 valence electrons. The molecule has 0 atom stereocenters.